The van der Waals surface area contributed by atoms with E-state index < -0.39 is 5.97 Å². The minimum Gasteiger partial charge on any atom is -0.505 e. The molecule has 0 aliphatic heterocycles. The van der Waals surface area contributed by atoms with E-state index in [4.69, 9.17) is 23.2 Å². The van der Waals surface area contributed by atoms with Gasteiger partial charge in [0.25, 0.3) is 0 Å². The van der Waals surface area contributed by atoms with Gasteiger partial charge >= 0.3 is 5.97 Å². The van der Waals surface area contributed by atoms with Crippen LogP contribution in [0.1, 0.15) is 10.4 Å². The number of carbonyl (C=O) groups excluding carboxylic acids is 1. The van der Waals surface area contributed by atoms with Crippen LogP contribution < -0.4 is 0 Å². The largest absolute Gasteiger partial charge is 0.505 e. The van der Waals surface area contributed by atoms with Gasteiger partial charge in [-0.3, -0.25) is 0 Å². The van der Waals surface area contributed by atoms with E-state index in [2.05, 4.69) is 4.74 Å². The molecule has 0 radical (unpaired) electrons. The molecule has 0 aromatic heterocycles. The lowest BCUT2D eigenvalue weighted by Gasteiger charge is -2.04. The number of hydrogen-bond donors (Lipinski definition) is 1. The van der Waals surface area contributed by atoms with Crippen molar-refractivity contribution < 1.29 is 14.6 Å². The Bertz CT molecular complexity index is 349. The van der Waals surface area contributed by atoms with E-state index >= 15 is 0 Å². The zero-order chi connectivity index (χ0) is 10.0. The molecule has 70 valence electrons. The van der Waals surface area contributed by atoms with Crippen molar-refractivity contribution in [1.82, 2.24) is 0 Å². The third-order valence-electron chi connectivity index (χ3n) is 1.47. The summed E-state index contributed by atoms with van der Waals surface area (Å²) < 4.78 is 4.43. The number of carbonyl (C=O) groups is 1. The summed E-state index contributed by atoms with van der Waals surface area (Å²) in [7, 11) is 1.23. The zero-order valence-corrected chi connectivity index (χ0v) is 8.19. The van der Waals surface area contributed by atoms with E-state index in [1.54, 1.807) is 0 Å². The Kier molecular flexibility index (Phi) is 3.01. The minimum absolute atomic E-state index is 0.0890. The number of aromatic hydroxyl groups is 1. The summed E-state index contributed by atoms with van der Waals surface area (Å²) in [5.41, 5.74) is 0.0890. The third-order valence-corrected chi connectivity index (χ3v) is 2.16. The lowest BCUT2D eigenvalue weighted by molar-refractivity contribution is 0.0600. The number of halogens is 2. The molecule has 0 aliphatic carbocycles. The second-order valence-corrected chi connectivity index (χ2v) is 3.03. The number of hydrogen-bond acceptors (Lipinski definition) is 3. The van der Waals surface area contributed by atoms with Gasteiger partial charge < -0.3 is 9.84 Å². The first-order valence-corrected chi connectivity index (χ1v) is 4.08. The van der Waals surface area contributed by atoms with Gasteiger partial charge in [0.05, 0.1) is 22.7 Å². The van der Waals surface area contributed by atoms with Gasteiger partial charge in [-0.05, 0) is 12.1 Å². The van der Waals surface area contributed by atoms with Crippen LogP contribution >= 0.6 is 23.2 Å². The van der Waals surface area contributed by atoms with Crippen molar-refractivity contribution in [3.8, 4) is 5.75 Å². The monoisotopic (exact) mass is 220 g/mol. The molecule has 1 N–H and O–H groups in total. The second-order valence-electron chi connectivity index (χ2n) is 2.25. The van der Waals surface area contributed by atoms with E-state index in [0.717, 1.165) is 0 Å². The highest BCUT2D eigenvalue weighted by atomic mass is 35.5. The summed E-state index contributed by atoms with van der Waals surface area (Å²) in [6, 6.07) is 2.76. The molecule has 0 bridgehead atoms. The van der Waals surface area contributed by atoms with Gasteiger partial charge in [0.15, 0.2) is 5.75 Å². The van der Waals surface area contributed by atoms with E-state index in [1.165, 1.54) is 19.2 Å². The van der Waals surface area contributed by atoms with Crippen molar-refractivity contribution >= 4 is 29.2 Å². The van der Waals surface area contributed by atoms with Crippen molar-refractivity contribution in [3.05, 3.63) is 27.7 Å². The van der Waals surface area contributed by atoms with Crippen molar-refractivity contribution in [2.75, 3.05) is 7.11 Å². The van der Waals surface area contributed by atoms with Crippen molar-refractivity contribution in [2.45, 2.75) is 0 Å². The van der Waals surface area contributed by atoms with Crippen LogP contribution in [0, 0.1) is 0 Å². The molecular weight excluding hydrogens is 215 g/mol. The number of esters is 1. The van der Waals surface area contributed by atoms with Gasteiger partial charge in [0.2, 0.25) is 0 Å². The highest BCUT2D eigenvalue weighted by molar-refractivity contribution is 6.38. The number of ether oxygens (including phenoxy) is 1. The molecule has 0 amide bonds. The molecule has 1 aromatic rings. The Balaban J connectivity index is 3.26. The molecule has 13 heavy (non-hydrogen) atoms. The second kappa shape index (κ2) is 3.85. The summed E-state index contributed by atoms with van der Waals surface area (Å²) in [5, 5.41) is 9.26. The summed E-state index contributed by atoms with van der Waals surface area (Å²) in [6.45, 7) is 0. The smallest absolute Gasteiger partial charge is 0.339 e. The van der Waals surface area contributed by atoms with E-state index in [0.29, 0.717) is 0 Å². The summed E-state index contributed by atoms with van der Waals surface area (Å²) in [4.78, 5) is 11.0. The van der Waals surface area contributed by atoms with Crippen LogP contribution in [0.5, 0.6) is 5.75 Å². The van der Waals surface area contributed by atoms with E-state index in [-0.39, 0.29) is 21.4 Å². The average Bonchev–Trinajstić information content (AvgIpc) is 2.13. The van der Waals surface area contributed by atoms with Crippen LogP contribution in [0.4, 0.5) is 0 Å². The molecule has 0 saturated heterocycles. The van der Waals surface area contributed by atoms with Crippen LogP contribution in [0.3, 0.4) is 0 Å². The molecule has 0 unspecified atom stereocenters. The summed E-state index contributed by atoms with van der Waals surface area (Å²) in [5.74, 6) is -0.928. The van der Waals surface area contributed by atoms with Gasteiger partial charge in [0, 0.05) is 0 Å². The highest BCUT2D eigenvalue weighted by Gasteiger charge is 2.15. The third kappa shape index (κ3) is 1.87. The minimum atomic E-state index is -0.614. The molecule has 1 rings (SSSR count). The predicted octanol–water partition coefficient (Wildman–Crippen LogP) is 2.49. The molecule has 5 heteroatoms. The van der Waals surface area contributed by atoms with Crippen molar-refractivity contribution in [1.29, 1.82) is 0 Å². The maximum Gasteiger partial charge on any atom is 0.339 e. The summed E-state index contributed by atoms with van der Waals surface area (Å²) in [6.07, 6.45) is 0. The maximum atomic E-state index is 11.0. The number of benzene rings is 1. The first-order chi connectivity index (χ1) is 6.07. The lowest BCUT2D eigenvalue weighted by atomic mass is 10.2. The average molecular weight is 221 g/mol. The fourth-order valence-corrected chi connectivity index (χ4v) is 1.26. The summed E-state index contributed by atoms with van der Waals surface area (Å²) >= 11 is 11.2. The SMILES string of the molecule is COC(=O)c1ccc(Cl)c(O)c1Cl. The van der Waals surface area contributed by atoms with Crippen molar-refractivity contribution in [2.24, 2.45) is 0 Å². The first-order valence-electron chi connectivity index (χ1n) is 3.33. The number of phenols is 1. The fraction of sp³-hybridized carbons (Fsp3) is 0.125. The highest BCUT2D eigenvalue weighted by Crippen LogP contribution is 2.34. The molecule has 0 heterocycles. The fourth-order valence-electron chi connectivity index (χ4n) is 0.809. The standard InChI is InChI=1S/C8H6Cl2O3/c1-13-8(12)4-2-3-5(9)7(11)6(4)10/h2-3,11H,1H3. The Labute approximate surface area is 84.8 Å². The molecule has 3 nitrogen and oxygen atoms in total. The Morgan fingerprint density at radius 3 is 2.62 bits per heavy atom. The molecule has 1 aromatic carbocycles. The van der Waals surface area contributed by atoms with Crippen LogP contribution in [0.15, 0.2) is 12.1 Å². The number of phenolic OH excluding ortho intramolecular Hbond substituents is 1. The molecule has 0 spiro atoms. The normalized spacial score (nSPS) is 9.77. The van der Waals surface area contributed by atoms with Gasteiger partial charge in [-0.15, -0.1) is 0 Å². The quantitative estimate of drug-likeness (QED) is 0.741. The first kappa shape index (κ1) is 10.2. The Hall–Kier alpha value is -0.930. The molecular formula is C8H6Cl2O3. The van der Waals surface area contributed by atoms with Crippen LogP contribution in [-0.2, 0) is 4.74 Å². The Morgan fingerprint density at radius 1 is 1.46 bits per heavy atom. The maximum absolute atomic E-state index is 11.0. The van der Waals surface area contributed by atoms with Gasteiger partial charge in [-0.2, -0.15) is 0 Å². The van der Waals surface area contributed by atoms with Crippen LogP contribution in [0.25, 0.3) is 0 Å². The molecule has 0 aliphatic rings. The van der Waals surface area contributed by atoms with Crippen LogP contribution in [0.2, 0.25) is 10.0 Å². The van der Waals surface area contributed by atoms with Crippen molar-refractivity contribution in [3.63, 3.8) is 0 Å². The topological polar surface area (TPSA) is 46.5 Å². The van der Waals surface area contributed by atoms with E-state index in [9.17, 15) is 9.90 Å². The number of rotatable bonds is 1. The molecule has 0 fully saturated rings. The van der Waals surface area contributed by atoms with Gasteiger partial charge in [0.1, 0.15) is 0 Å². The van der Waals surface area contributed by atoms with Crippen LogP contribution in [-0.4, -0.2) is 18.2 Å². The number of methoxy groups -OCH3 is 1. The van der Waals surface area contributed by atoms with E-state index in [1.807, 2.05) is 0 Å². The molecule has 0 saturated carbocycles. The lowest BCUT2D eigenvalue weighted by Crippen LogP contribution is -2.01. The Morgan fingerprint density at radius 2 is 2.08 bits per heavy atom. The molecule has 0 atom stereocenters. The van der Waals surface area contributed by atoms with Gasteiger partial charge in [-0.1, -0.05) is 23.2 Å². The zero-order valence-electron chi connectivity index (χ0n) is 6.67. The van der Waals surface area contributed by atoms with Gasteiger partial charge in [-0.25, -0.2) is 4.79 Å². The predicted molar refractivity (Wildman–Crippen MR) is 49.5 cm³/mol.